The molecule has 3 aliphatic rings. The molecule has 0 saturated carbocycles. The normalized spacial score (nSPS) is 21.5. The van der Waals surface area contributed by atoms with E-state index in [9.17, 15) is 22.8 Å². The number of hydrogen-bond donors (Lipinski definition) is 1. The van der Waals surface area contributed by atoms with E-state index in [1.54, 1.807) is 15.9 Å². The molecule has 2 saturated heterocycles. The van der Waals surface area contributed by atoms with Gasteiger partial charge in [-0.05, 0) is 24.3 Å². The van der Waals surface area contributed by atoms with Gasteiger partial charge in [0.05, 0.1) is 36.8 Å². The Morgan fingerprint density at radius 3 is 2.73 bits per heavy atom. The van der Waals surface area contributed by atoms with Crippen molar-refractivity contribution in [1.82, 2.24) is 15.1 Å². The second-order valence-electron chi connectivity index (χ2n) is 7.16. The lowest BCUT2D eigenvalue weighted by Gasteiger charge is -2.43. The number of alkyl halides is 3. The number of nitrogens with zero attached hydrogens (tertiary/aromatic N) is 3. The van der Waals surface area contributed by atoms with E-state index in [4.69, 9.17) is 14.7 Å². The number of benzene rings is 1. The van der Waals surface area contributed by atoms with Crippen LogP contribution in [0.1, 0.15) is 11.1 Å². The molecule has 0 aliphatic carbocycles. The number of hydrogen-bond acceptors (Lipinski definition) is 5. The average molecular weight is 422 g/mol. The van der Waals surface area contributed by atoms with E-state index in [1.165, 1.54) is 6.07 Å². The molecule has 3 heterocycles. The first-order valence-electron chi connectivity index (χ1n) is 9.18. The van der Waals surface area contributed by atoms with Crippen molar-refractivity contribution in [3.63, 3.8) is 0 Å². The Bertz CT molecular complexity index is 950. The van der Waals surface area contributed by atoms with Crippen molar-refractivity contribution < 1.29 is 32.2 Å². The van der Waals surface area contributed by atoms with Crippen LogP contribution in [0.3, 0.4) is 0 Å². The Kier molecular flexibility index (Phi) is 4.93. The van der Waals surface area contributed by atoms with Gasteiger partial charge in [0.15, 0.2) is 6.61 Å². The van der Waals surface area contributed by atoms with Crippen LogP contribution in [0.2, 0.25) is 0 Å². The monoisotopic (exact) mass is 422 g/mol. The quantitative estimate of drug-likeness (QED) is 0.779. The Hall–Kier alpha value is -3.42. The second-order valence-corrected chi connectivity index (χ2v) is 7.16. The average Bonchev–Trinajstić information content (AvgIpc) is 2.68. The van der Waals surface area contributed by atoms with Crippen molar-refractivity contribution in [1.29, 1.82) is 5.26 Å². The molecule has 0 spiro atoms. The fourth-order valence-corrected chi connectivity index (χ4v) is 3.54. The molecule has 4 rings (SSSR count). The maximum Gasteiger partial charge on any atom is 0.417 e. The van der Waals surface area contributed by atoms with Crippen LogP contribution in [0.4, 0.5) is 18.0 Å². The first-order chi connectivity index (χ1) is 14.2. The third kappa shape index (κ3) is 3.85. The summed E-state index contributed by atoms with van der Waals surface area (Å²) in [5, 5.41) is 11.7. The number of urea groups is 1. The fraction of sp³-hybridized carbons (Fsp3) is 0.421. The minimum absolute atomic E-state index is 0.0289. The van der Waals surface area contributed by atoms with Crippen LogP contribution >= 0.6 is 0 Å². The highest BCUT2D eigenvalue weighted by Crippen LogP contribution is 2.34. The summed E-state index contributed by atoms with van der Waals surface area (Å²) in [6, 6.07) is 3.97. The zero-order valence-electron chi connectivity index (χ0n) is 15.6. The molecule has 0 radical (unpaired) electrons. The summed E-state index contributed by atoms with van der Waals surface area (Å²) in [6.07, 6.45) is -3.24. The van der Waals surface area contributed by atoms with Crippen LogP contribution in [0, 0.1) is 11.3 Å². The molecule has 3 amide bonds. The topological polar surface area (TPSA) is 94.9 Å². The predicted molar refractivity (Wildman–Crippen MR) is 95.1 cm³/mol. The van der Waals surface area contributed by atoms with E-state index in [0.717, 1.165) is 18.2 Å². The lowest BCUT2D eigenvalue weighted by atomic mass is 10.1. The Labute approximate surface area is 169 Å². The molecule has 1 aromatic carbocycles. The minimum atomic E-state index is -4.62. The molecule has 0 bridgehead atoms. The van der Waals surface area contributed by atoms with E-state index in [0.29, 0.717) is 18.8 Å². The maximum atomic E-state index is 12.9. The van der Waals surface area contributed by atoms with Gasteiger partial charge in [-0.15, -0.1) is 0 Å². The van der Waals surface area contributed by atoms with Crippen LogP contribution < -0.4 is 10.1 Å². The number of fused-ring (bicyclic) bond motifs is 1. The van der Waals surface area contributed by atoms with Crippen LogP contribution in [0.15, 0.2) is 30.0 Å². The second kappa shape index (κ2) is 7.44. The van der Waals surface area contributed by atoms with Gasteiger partial charge in [-0.1, -0.05) is 0 Å². The van der Waals surface area contributed by atoms with Crippen LogP contribution in [-0.4, -0.2) is 66.7 Å². The molecule has 1 atom stereocenters. The van der Waals surface area contributed by atoms with Crippen molar-refractivity contribution in [3.05, 3.63) is 41.2 Å². The number of morpholine rings is 1. The van der Waals surface area contributed by atoms with Crippen molar-refractivity contribution in [2.24, 2.45) is 0 Å². The molecule has 0 unspecified atom stereocenters. The number of carbonyl (C=O) groups excluding carboxylic acids is 2. The summed E-state index contributed by atoms with van der Waals surface area (Å²) in [7, 11) is 0. The molecule has 30 heavy (non-hydrogen) atoms. The van der Waals surface area contributed by atoms with Gasteiger partial charge in [0.25, 0.3) is 5.91 Å². The van der Waals surface area contributed by atoms with Crippen molar-refractivity contribution in [3.8, 4) is 11.8 Å². The van der Waals surface area contributed by atoms with Gasteiger partial charge in [-0.3, -0.25) is 4.79 Å². The molecular weight excluding hydrogens is 405 g/mol. The smallest absolute Gasteiger partial charge is 0.417 e. The molecule has 0 aromatic heterocycles. The molecule has 3 aliphatic heterocycles. The lowest BCUT2D eigenvalue weighted by Crippen LogP contribution is -2.62. The molecule has 8 nitrogen and oxygen atoms in total. The number of nitriles is 1. The highest BCUT2D eigenvalue weighted by atomic mass is 19.4. The maximum absolute atomic E-state index is 12.9. The van der Waals surface area contributed by atoms with Gasteiger partial charge in [0.2, 0.25) is 0 Å². The van der Waals surface area contributed by atoms with E-state index in [2.05, 4.69) is 5.32 Å². The molecule has 11 heteroatoms. The number of ether oxygens (including phenoxy) is 2. The number of halogens is 3. The minimum Gasteiger partial charge on any atom is -0.487 e. The third-order valence-corrected chi connectivity index (χ3v) is 5.07. The summed E-state index contributed by atoms with van der Waals surface area (Å²) in [5.41, 5.74) is -1.53. The molecular formula is C19H17F3N4O4. The zero-order valence-corrected chi connectivity index (χ0v) is 15.6. The number of likely N-dealkylation sites (tertiary alicyclic amines) is 1. The Balaban J connectivity index is 1.32. The van der Waals surface area contributed by atoms with Crippen LogP contribution in [-0.2, 0) is 15.7 Å². The Morgan fingerprint density at radius 2 is 2.03 bits per heavy atom. The van der Waals surface area contributed by atoms with Crippen molar-refractivity contribution >= 4 is 11.9 Å². The SMILES string of the molecule is N#Cc1cc(OC2CN(C(=O)N3CC=C4OCC(=O)N[C@@H]4C3)C2)ccc1C(F)(F)F. The summed E-state index contributed by atoms with van der Waals surface area (Å²) >= 11 is 0. The molecule has 1 N–H and O–H groups in total. The first-order valence-corrected chi connectivity index (χ1v) is 9.18. The third-order valence-electron chi connectivity index (χ3n) is 5.07. The highest BCUT2D eigenvalue weighted by molar-refractivity contribution is 5.80. The van der Waals surface area contributed by atoms with Gasteiger partial charge in [0.1, 0.15) is 23.7 Å². The molecule has 2 fully saturated rings. The van der Waals surface area contributed by atoms with E-state index in [1.807, 2.05) is 0 Å². The summed E-state index contributed by atoms with van der Waals surface area (Å²) in [4.78, 5) is 27.2. The number of rotatable bonds is 2. The number of carbonyl (C=O) groups is 2. The molecule has 158 valence electrons. The van der Waals surface area contributed by atoms with Gasteiger partial charge in [-0.25, -0.2) is 4.79 Å². The number of amides is 3. The van der Waals surface area contributed by atoms with E-state index < -0.39 is 17.3 Å². The molecule has 1 aromatic rings. The predicted octanol–water partition coefficient (Wildman–Crippen LogP) is 1.47. The standard InChI is InChI=1S/C19H17F3N4O4/c20-19(21,22)14-2-1-12(5-11(14)6-23)30-13-7-26(8-13)18(28)25-4-3-16-15(9-25)24-17(27)10-29-16/h1-3,5,13,15H,4,7-10H2,(H,24,27)/t15-/m1/s1. The summed E-state index contributed by atoms with van der Waals surface area (Å²) in [5.74, 6) is 0.556. The van der Waals surface area contributed by atoms with Crippen molar-refractivity contribution in [2.75, 3.05) is 32.8 Å². The van der Waals surface area contributed by atoms with E-state index >= 15 is 0 Å². The van der Waals surface area contributed by atoms with Crippen LogP contribution in [0.25, 0.3) is 0 Å². The van der Waals surface area contributed by atoms with E-state index in [-0.39, 0.29) is 49.5 Å². The summed E-state index contributed by atoms with van der Waals surface area (Å²) in [6.45, 7) is 1.15. The Morgan fingerprint density at radius 1 is 1.27 bits per heavy atom. The fourth-order valence-electron chi connectivity index (χ4n) is 3.54. The zero-order chi connectivity index (χ0) is 21.5. The van der Waals surface area contributed by atoms with Gasteiger partial charge in [0, 0.05) is 6.54 Å². The largest absolute Gasteiger partial charge is 0.487 e. The summed E-state index contributed by atoms with van der Waals surface area (Å²) < 4.78 is 49.6. The van der Waals surface area contributed by atoms with Crippen LogP contribution in [0.5, 0.6) is 5.75 Å². The lowest BCUT2D eigenvalue weighted by molar-refractivity contribution is -0.137. The van der Waals surface area contributed by atoms with Gasteiger partial charge in [-0.2, -0.15) is 18.4 Å². The first kappa shape index (κ1) is 19.9. The highest BCUT2D eigenvalue weighted by Gasteiger charge is 2.39. The number of nitrogens with one attached hydrogen (secondary N) is 1. The van der Waals surface area contributed by atoms with Gasteiger partial charge < -0.3 is 24.6 Å². The van der Waals surface area contributed by atoms with Crippen molar-refractivity contribution in [2.45, 2.75) is 18.3 Å². The van der Waals surface area contributed by atoms with Gasteiger partial charge >= 0.3 is 12.2 Å².